The van der Waals surface area contributed by atoms with Crippen LogP contribution in [0.4, 0.5) is 0 Å². The first-order valence-electron chi connectivity index (χ1n) is 5.97. The minimum Gasteiger partial charge on any atom is -0.469 e. The average Bonchev–Trinajstić information content (AvgIpc) is 2.30. The van der Waals surface area contributed by atoms with Gasteiger partial charge in [0.1, 0.15) is 0 Å². The van der Waals surface area contributed by atoms with Gasteiger partial charge in [0, 0.05) is 19.8 Å². The summed E-state index contributed by atoms with van der Waals surface area (Å²) in [7, 11) is 3.20. The van der Waals surface area contributed by atoms with Gasteiger partial charge in [-0.2, -0.15) is 0 Å². The Bertz CT molecular complexity index is 212. The fourth-order valence-corrected chi connectivity index (χ4v) is 2.25. The number of carbonyl (C=O) groups is 1. The number of nitrogens with zero attached hydrogens (tertiary/aromatic N) is 1. The highest BCUT2D eigenvalue weighted by atomic mass is 16.5. The van der Waals surface area contributed by atoms with Gasteiger partial charge in [-0.1, -0.05) is 0 Å². The molecule has 1 aliphatic rings. The predicted octanol–water partition coefficient (Wildman–Crippen LogP) is 1.30. The molecule has 0 N–H and O–H groups in total. The summed E-state index contributed by atoms with van der Waals surface area (Å²) in [6, 6.07) is 0.288. The summed E-state index contributed by atoms with van der Waals surface area (Å²) in [6.07, 6.45) is 2.82. The van der Waals surface area contributed by atoms with Crippen LogP contribution >= 0.6 is 0 Å². The number of likely N-dealkylation sites (tertiary alicyclic amines) is 1. The maximum atomic E-state index is 11.2. The van der Waals surface area contributed by atoms with E-state index in [2.05, 4.69) is 16.6 Å². The van der Waals surface area contributed by atoms with E-state index in [1.54, 1.807) is 7.11 Å². The summed E-state index contributed by atoms with van der Waals surface area (Å²) in [4.78, 5) is 13.5. The van der Waals surface area contributed by atoms with Crippen LogP contribution in [0.5, 0.6) is 0 Å². The Balaban J connectivity index is 2.27. The Labute approximate surface area is 97.9 Å². The van der Waals surface area contributed by atoms with Crippen LogP contribution in [0.1, 0.15) is 26.2 Å². The number of rotatable bonds is 5. The number of ether oxygens (including phenoxy) is 2. The number of hydrogen-bond acceptors (Lipinski definition) is 4. The molecule has 0 spiro atoms. The van der Waals surface area contributed by atoms with Gasteiger partial charge in [0.15, 0.2) is 0 Å². The van der Waals surface area contributed by atoms with E-state index in [-0.39, 0.29) is 12.0 Å². The Morgan fingerprint density at radius 3 is 2.50 bits per heavy atom. The van der Waals surface area contributed by atoms with Gasteiger partial charge >= 0.3 is 5.97 Å². The maximum absolute atomic E-state index is 11.2. The molecule has 0 bridgehead atoms. The van der Waals surface area contributed by atoms with E-state index in [0.29, 0.717) is 12.3 Å². The van der Waals surface area contributed by atoms with Crippen LogP contribution in [0.15, 0.2) is 0 Å². The highest BCUT2D eigenvalue weighted by molar-refractivity contribution is 5.69. The Morgan fingerprint density at radius 2 is 2.00 bits per heavy atom. The molecule has 0 aliphatic carbocycles. The molecule has 1 saturated heterocycles. The quantitative estimate of drug-likeness (QED) is 0.666. The number of piperidine rings is 1. The molecule has 1 fully saturated rings. The molecule has 94 valence electrons. The number of hydrogen-bond donors (Lipinski definition) is 0. The van der Waals surface area contributed by atoms with Gasteiger partial charge in [0.2, 0.25) is 0 Å². The molecule has 1 atom stereocenters. The molecule has 0 aromatic rings. The van der Waals surface area contributed by atoms with E-state index in [1.807, 2.05) is 0 Å². The molecule has 0 amide bonds. The first-order chi connectivity index (χ1) is 7.67. The zero-order valence-electron chi connectivity index (χ0n) is 10.6. The summed E-state index contributed by atoms with van der Waals surface area (Å²) in [5, 5.41) is 0. The number of methoxy groups -OCH3 is 2. The SMILES string of the molecule is COCC1CCN(C(C)CC(=O)OC)CC1. The summed E-state index contributed by atoms with van der Waals surface area (Å²) in [5.74, 6) is 0.568. The van der Waals surface area contributed by atoms with Crippen molar-refractivity contribution in [1.82, 2.24) is 4.90 Å². The second-order valence-electron chi connectivity index (χ2n) is 4.56. The van der Waals surface area contributed by atoms with Crippen molar-refractivity contribution < 1.29 is 14.3 Å². The lowest BCUT2D eigenvalue weighted by atomic mass is 9.96. The fourth-order valence-electron chi connectivity index (χ4n) is 2.25. The lowest BCUT2D eigenvalue weighted by Crippen LogP contribution is -2.41. The van der Waals surface area contributed by atoms with Crippen LogP contribution in [0, 0.1) is 5.92 Å². The van der Waals surface area contributed by atoms with Gasteiger partial charge in [-0.15, -0.1) is 0 Å². The van der Waals surface area contributed by atoms with Crippen molar-refractivity contribution >= 4 is 5.97 Å². The first kappa shape index (κ1) is 13.5. The first-order valence-corrected chi connectivity index (χ1v) is 5.97. The minimum atomic E-state index is -0.119. The smallest absolute Gasteiger partial charge is 0.307 e. The fraction of sp³-hybridized carbons (Fsp3) is 0.917. The van der Waals surface area contributed by atoms with Gasteiger partial charge in [-0.3, -0.25) is 4.79 Å². The maximum Gasteiger partial charge on any atom is 0.307 e. The van der Waals surface area contributed by atoms with Crippen molar-refractivity contribution in [2.45, 2.75) is 32.2 Å². The molecular weight excluding hydrogens is 206 g/mol. The molecule has 4 nitrogen and oxygen atoms in total. The Kier molecular flexibility index (Phi) is 5.77. The summed E-state index contributed by atoms with van der Waals surface area (Å²) in [6.45, 7) is 5.07. The van der Waals surface area contributed by atoms with Crippen molar-refractivity contribution in [3.05, 3.63) is 0 Å². The molecule has 1 heterocycles. The summed E-state index contributed by atoms with van der Waals surface area (Å²) >= 11 is 0. The highest BCUT2D eigenvalue weighted by Gasteiger charge is 2.23. The van der Waals surface area contributed by atoms with Crippen LogP contribution in [-0.2, 0) is 14.3 Å². The molecular formula is C12H23NO3. The zero-order valence-corrected chi connectivity index (χ0v) is 10.6. The van der Waals surface area contributed by atoms with E-state index in [1.165, 1.54) is 20.0 Å². The summed E-state index contributed by atoms with van der Waals surface area (Å²) in [5.41, 5.74) is 0. The third kappa shape index (κ3) is 4.10. The van der Waals surface area contributed by atoms with E-state index in [0.717, 1.165) is 19.7 Å². The lowest BCUT2D eigenvalue weighted by Gasteiger charge is -2.35. The zero-order chi connectivity index (χ0) is 12.0. The van der Waals surface area contributed by atoms with Gasteiger partial charge in [-0.25, -0.2) is 0 Å². The third-order valence-corrected chi connectivity index (χ3v) is 3.36. The van der Waals surface area contributed by atoms with E-state index < -0.39 is 0 Å². The van der Waals surface area contributed by atoms with E-state index in [9.17, 15) is 4.79 Å². The van der Waals surface area contributed by atoms with Gasteiger partial charge in [0.05, 0.1) is 13.5 Å². The second kappa shape index (κ2) is 6.86. The molecule has 1 rings (SSSR count). The topological polar surface area (TPSA) is 38.8 Å². The largest absolute Gasteiger partial charge is 0.469 e. The molecule has 0 aromatic heterocycles. The molecule has 1 aliphatic heterocycles. The van der Waals surface area contributed by atoms with Crippen molar-refractivity contribution in [2.75, 3.05) is 33.9 Å². The third-order valence-electron chi connectivity index (χ3n) is 3.36. The average molecular weight is 229 g/mol. The van der Waals surface area contributed by atoms with Gasteiger partial charge < -0.3 is 14.4 Å². The predicted molar refractivity (Wildman–Crippen MR) is 62.3 cm³/mol. The molecule has 0 saturated carbocycles. The molecule has 16 heavy (non-hydrogen) atoms. The molecule has 0 radical (unpaired) electrons. The number of esters is 1. The van der Waals surface area contributed by atoms with E-state index in [4.69, 9.17) is 4.74 Å². The van der Waals surface area contributed by atoms with Crippen molar-refractivity contribution in [2.24, 2.45) is 5.92 Å². The molecule has 4 heteroatoms. The molecule has 1 unspecified atom stereocenters. The normalized spacial score (nSPS) is 20.7. The van der Waals surface area contributed by atoms with Crippen LogP contribution < -0.4 is 0 Å². The van der Waals surface area contributed by atoms with Gasteiger partial charge in [-0.05, 0) is 38.8 Å². The lowest BCUT2D eigenvalue weighted by molar-refractivity contribution is -0.142. The van der Waals surface area contributed by atoms with Crippen molar-refractivity contribution in [3.8, 4) is 0 Å². The van der Waals surface area contributed by atoms with Crippen LogP contribution in [-0.4, -0.2) is 50.8 Å². The van der Waals surface area contributed by atoms with Crippen LogP contribution in [0.2, 0.25) is 0 Å². The minimum absolute atomic E-state index is 0.119. The Hall–Kier alpha value is -0.610. The monoisotopic (exact) mass is 229 g/mol. The van der Waals surface area contributed by atoms with Gasteiger partial charge in [0.25, 0.3) is 0 Å². The Morgan fingerprint density at radius 1 is 1.38 bits per heavy atom. The van der Waals surface area contributed by atoms with E-state index >= 15 is 0 Å². The number of carbonyl (C=O) groups excluding carboxylic acids is 1. The van der Waals surface area contributed by atoms with Crippen LogP contribution in [0.3, 0.4) is 0 Å². The second-order valence-corrected chi connectivity index (χ2v) is 4.56. The van der Waals surface area contributed by atoms with Crippen molar-refractivity contribution in [3.63, 3.8) is 0 Å². The molecule has 0 aromatic carbocycles. The van der Waals surface area contributed by atoms with Crippen molar-refractivity contribution in [1.29, 1.82) is 0 Å². The van der Waals surface area contributed by atoms with Crippen LogP contribution in [0.25, 0.3) is 0 Å². The standard InChI is InChI=1S/C12H23NO3/c1-10(8-12(14)16-3)13-6-4-11(5-7-13)9-15-2/h10-11H,4-9H2,1-3H3. The highest BCUT2D eigenvalue weighted by Crippen LogP contribution is 2.20. The summed E-state index contributed by atoms with van der Waals surface area (Å²) < 4.78 is 9.85.